The molecule has 1 rings (SSSR count). The molecule has 1 aromatic carbocycles. The van der Waals surface area contributed by atoms with Crippen LogP contribution in [-0.2, 0) is 11.2 Å². The summed E-state index contributed by atoms with van der Waals surface area (Å²) in [5.41, 5.74) is 7.48. The second-order valence-electron chi connectivity index (χ2n) is 5.41. The van der Waals surface area contributed by atoms with Crippen molar-refractivity contribution in [3.8, 4) is 0 Å². The number of anilines is 1. The van der Waals surface area contributed by atoms with E-state index in [9.17, 15) is 4.79 Å². The molecule has 0 atom stereocenters. The van der Waals surface area contributed by atoms with Crippen LogP contribution in [0.3, 0.4) is 0 Å². The van der Waals surface area contributed by atoms with Crippen molar-refractivity contribution in [2.45, 2.75) is 40.2 Å². The van der Waals surface area contributed by atoms with Gasteiger partial charge in [-0.2, -0.15) is 0 Å². The molecule has 3 nitrogen and oxygen atoms in total. The van der Waals surface area contributed by atoms with E-state index in [2.05, 4.69) is 27.7 Å². The van der Waals surface area contributed by atoms with Crippen LogP contribution in [0.1, 0.15) is 33.3 Å². The van der Waals surface area contributed by atoms with Crippen molar-refractivity contribution in [1.29, 1.82) is 0 Å². The molecule has 2 N–H and O–H groups in total. The fraction of sp³-hybridized carbons (Fsp3) is 0.533. The Morgan fingerprint density at radius 1 is 1.22 bits per heavy atom. The minimum absolute atomic E-state index is 0.150. The van der Waals surface area contributed by atoms with Gasteiger partial charge in [0.05, 0.1) is 6.42 Å². The lowest BCUT2D eigenvalue weighted by molar-refractivity contribution is -0.132. The molecule has 0 saturated carbocycles. The highest BCUT2D eigenvalue weighted by molar-refractivity contribution is 5.80. The van der Waals surface area contributed by atoms with E-state index in [1.807, 2.05) is 29.2 Å². The van der Waals surface area contributed by atoms with E-state index in [1.165, 1.54) is 0 Å². The predicted molar refractivity (Wildman–Crippen MR) is 76.2 cm³/mol. The molecule has 3 heteroatoms. The van der Waals surface area contributed by atoms with Crippen LogP contribution in [-0.4, -0.2) is 23.4 Å². The number of benzene rings is 1. The molecule has 0 unspecified atom stereocenters. The van der Waals surface area contributed by atoms with Crippen molar-refractivity contribution >= 4 is 11.6 Å². The standard InChI is InChI=1S/C15H24N2O/c1-11(2)10-17(12(3)4)15(18)9-13-7-5-6-8-14(13)16/h5-8,11-12H,9-10,16H2,1-4H3. The Morgan fingerprint density at radius 3 is 2.33 bits per heavy atom. The van der Waals surface area contributed by atoms with E-state index in [0.717, 1.165) is 12.1 Å². The third-order valence-corrected chi connectivity index (χ3v) is 2.90. The van der Waals surface area contributed by atoms with Crippen molar-refractivity contribution in [3.63, 3.8) is 0 Å². The average Bonchev–Trinajstić information content (AvgIpc) is 2.28. The minimum atomic E-state index is 0.150. The number of para-hydroxylation sites is 1. The van der Waals surface area contributed by atoms with Gasteiger partial charge in [-0.1, -0.05) is 32.0 Å². The Kier molecular flexibility index (Phi) is 5.20. The van der Waals surface area contributed by atoms with Crippen LogP contribution in [0.15, 0.2) is 24.3 Å². The van der Waals surface area contributed by atoms with E-state index in [4.69, 9.17) is 5.73 Å². The summed E-state index contributed by atoms with van der Waals surface area (Å²) >= 11 is 0. The third kappa shape index (κ3) is 4.06. The molecule has 1 amide bonds. The van der Waals surface area contributed by atoms with Crippen LogP contribution >= 0.6 is 0 Å². The van der Waals surface area contributed by atoms with Gasteiger partial charge < -0.3 is 10.6 Å². The summed E-state index contributed by atoms with van der Waals surface area (Å²) in [7, 11) is 0. The summed E-state index contributed by atoms with van der Waals surface area (Å²) in [6, 6.07) is 7.79. The summed E-state index contributed by atoms with van der Waals surface area (Å²) in [5.74, 6) is 0.626. The number of hydrogen-bond donors (Lipinski definition) is 1. The molecule has 0 aliphatic heterocycles. The van der Waals surface area contributed by atoms with Gasteiger partial charge in [-0.25, -0.2) is 0 Å². The monoisotopic (exact) mass is 248 g/mol. The minimum Gasteiger partial charge on any atom is -0.398 e. The Bertz CT molecular complexity index is 399. The van der Waals surface area contributed by atoms with Crippen LogP contribution in [0, 0.1) is 5.92 Å². The molecule has 0 bridgehead atoms. The molecule has 18 heavy (non-hydrogen) atoms. The lowest BCUT2D eigenvalue weighted by Gasteiger charge is -2.28. The van der Waals surface area contributed by atoms with Gasteiger partial charge in [0.2, 0.25) is 5.91 Å². The van der Waals surface area contributed by atoms with Gasteiger partial charge in [0.25, 0.3) is 0 Å². The molecule has 0 fully saturated rings. The quantitative estimate of drug-likeness (QED) is 0.814. The summed E-state index contributed by atoms with van der Waals surface area (Å²) in [5, 5.41) is 0. The highest BCUT2D eigenvalue weighted by Crippen LogP contribution is 2.14. The van der Waals surface area contributed by atoms with E-state index in [0.29, 0.717) is 18.0 Å². The van der Waals surface area contributed by atoms with Crippen molar-refractivity contribution in [3.05, 3.63) is 29.8 Å². The first-order valence-electron chi connectivity index (χ1n) is 6.54. The number of hydrogen-bond acceptors (Lipinski definition) is 2. The first-order chi connectivity index (χ1) is 8.41. The molecular formula is C15H24N2O. The van der Waals surface area contributed by atoms with Gasteiger partial charge in [-0.15, -0.1) is 0 Å². The van der Waals surface area contributed by atoms with Gasteiger partial charge >= 0.3 is 0 Å². The Balaban J connectivity index is 2.76. The molecule has 0 aromatic heterocycles. The topological polar surface area (TPSA) is 46.3 Å². The van der Waals surface area contributed by atoms with Crippen molar-refractivity contribution in [2.24, 2.45) is 5.92 Å². The number of carbonyl (C=O) groups is 1. The fourth-order valence-corrected chi connectivity index (χ4v) is 1.95. The van der Waals surface area contributed by atoms with Gasteiger partial charge in [-0.05, 0) is 31.4 Å². The maximum atomic E-state index is 12.3. The van der Waals surface area contributed by atoms with Gasteiger partial charge in [0, 0.05) is 18.3 Å². The Morgan fingerprint density at radius 2 is 1.83 bits per heavy atom. The average molecular weight is 248 g/mol. The molecule has 0 radical (unpaired) electrons. The lowest BCUT2D eigenvalue weighted by Crippen LogP contribution is -2.40. The van der Waals surface area contributed by atoms with Crippen molar-refractivity contribution in [2.75, 3.05) is 12.3 Å². The summed E-state index contributed by atoms with van der Waals surface area (Å²) in [6.45, 7) is 9.14. The zero-order valence-electron chi connectivity index (χ0n) is 11.8. The highest BCUT2D eigenvalue weighted by Gasteiger charge is 2.18. The predicted octanol–water partition coefficient (Wildman–Crippen LogP) is 2.70. The molecule has 0 spiro atoms. The number of nitrogen functional groups attached to an aromatic ring is 1. The van der Waals surface area contributed by atoms with E-state index in [1.54, 1.807) is 0 Å². The van der Waals surface area contributed by atoms with E-state index < -0.39 is 0 Å². The molecule has 0 heterocycles. The summed E-state index contributed by atoms with van der Waals surface area (Å²) < 4.78 is 0. The highest BCUT2D eigenvalue weighted by atomic mass is 16.2. The maximum absolute atomic E-state index is 12.3. The maximum Gasteiger partial charge on any atom is 0.227 e. The molecular weight excluding hydrogens is 224 g/mol. The Hall–Kier alpha value is -1.51. The molecule has 1 aromatic rings. The molecule has 0 saturated heterocycles. The van der Waals surface area contributed by atoms with Crippen molar-refractivity contribution < 1.29 is 4.79 Å². The largest absolute Gasteiger partial charge is 0.398 e. The summed E-state index contributed by atoms with van der Waals surface area (Å²) in [6.07, 6.45) is 0.386. The van der Waals surface area contributed by atoms with E-state index in [-0.39, 0.29) is 11.9 Å². The molecule has 100 valence electrons. The van der Waals surface area contributed by atoms with Crippen LogP contribution in [0.4, 0.5) is 5.69 Å². The Labute approximate surface area is 110 Å². The number of nitrogens with zero attached hydrogens (tertiary/aromatic N) is 1. The number of amides is 1. The summed E-state index contributed by atoms with van der Waals surface area (Å²) in [4.78, 5) is 14.2. The molecule has 0 aliphatic rings. The second-order valence-corrected chi connectivity index (χ2v) is 5.41. The van der Waals surface area contributed by atoms with E-state index >= 15 is 0 Å². The van der Waals surface area contributed by atoms with Gasteiger partial charge in [-0.3, -0.25) is 4.79 Å². The zero-order chi connectivity index (χ0) is 13.7. The van der Waals surface area contributed by atoms with Gasteiger partial charge in [0.1, 0.15) is 0 Å². The van der Waals surface area contributed by atoms with Crippen LogP contribution in [0.25, 0.3) is 0 Å². The first-order valence-corrected chi connectivity index (χ1v) is 6.54. The third-order valence-electron chi connectivity index (χ3n) is 2.90. The van der Waals surface area contributed by atoms with Gasteiger partial charge in [0.15, 0.2) is 0 Å². The number of rotatable bonds is 5. The smallest absolute Gasteiger partial charge is 0.227 e. The SMILES string of the molecule is CC(C)CN(C(=O)Cc1ccccc1N)C(C)C. The lowest BCUT2D eigenvalue weighted by atomic mass is 10.1. The normalized spacial score (nSPS) is 11.0. The number of nitrogens with two attached hydrogens (primary N) is 1. The first kappa shape index (κ1) is 14.6. The van der Waals surface area contributed by atoms with Crippen LogP contribution < -0.4 is 5.73 Å². The van der Waals surface area contributed by atoms with Crippen molar-refractivity contribution in [1.82, 2.24) is 4.90 Å². The second kappa shape index (κ2) is 6.43. The number of carbonyl (C=O) groups excluding carboxylic acids is 1. The fourth-order valence-electron chi connectivity index (χ4n) is 1.95. The van der Waals surface area contributed by atoms with Crippen LogP contribution in [0.2, 0.25) is 0 Å². The zero-order valence-corrected chi connectivity index (χ0v) is 11.8. The van der Waals surface area contributed by atoms with Crippen LogP contribution in [0.5, 0.6) is 0 Å². The molecule has 0 aliphatic carbocycles.